The molecule has 144 valence electrons. The minimum absolute atomic E-state index is 0.0668. The number of halogens is 3. The number of alkyl halides is 2. The summed E-state index contributed by atoms with van der Waals surface area (Å²) in [6.07, 6.45) is 0. The number of benzene rings is 2. The first kappa shape index (κ1) is 20.7. The summed E-state index contributed by atoms with van der Waals surface area (Å²) in [7, 11) is 1.73. The molecule has 0 aliphatic carbocycles. The van der Waals surface area contributed by atoms with Gasteiger partial charge in [-0.15, -0.1) is 0 Å². The molecule has 0 atom stereocenters. The molecule has 0 aliphatic rings. The fourth-order valence-electron chi connectivity index (χ4n) is 2.30. The Morgan fingerprint density at radius 2 is 1.96 bits per heavy atom. The summed E-state index contributed by atoms with van der Waals surface area (Å²) in [6.45, 7) is -2.39. The number of amides is 1. The molecule has 2 aromatic carbocycles. The van der Waals surface area contributed by atoms with E-state index < -0.39 is 11.5 Å². The van der Waals surface area contributed by atoms with Gasteiger partial charge in [-0.1, -0.05) is 12.1 Å². The van der Waals surface area contributed by atoms with Crippen LogP contribution in [0.3, 0.4) is 0 Å². The van der Waals surface area contributed by atoms with Crippen LogP contribution in [0, 0.1) is 10.1 Å². The molecule has 7 nitrogen and oxygen atoms in total. The SMILES string of the molecule is CN(CC(=O)Nc1ccc([N+](=O)[O-])cc1Br)Cc1ccc(OC(F)F)cc1. The van der Waals surface area contributed by atoms with Crippen molar-refractivity contribution >= 4 is 33.2 Å². The molecule has 1 N–H and O–H groups in total. The molecule has 0 spiro atoms. The molecule has 10 heteroatoms. The summed E-state index contributed by atoms with van der Waals surface area (Å²) < 4.78 is 29.0. The van der Waals surface area contributed by atoms with Crippen molar-refractivity contribution in [3.8, 4) is 5.75 Å². The predicted molar refractivity (Wildman–Crippen MR) is 98.8 cm³/mol. The van der Waals surface area contributed by atoms with Gasteiger partial charge < -0.3 is 10.1 Å². The number of non-ortho nitro benzene ring substituents is 1. The van der Waals surface area contributed by atoms with Crippen LogP contribution >= 0.6 is 15.9 Å². The van der Waals surface area contributed by atoms with E-state index in [1.54, 1.807) is 24.1 Å². The third kappa shape index (κ3) is 6.57. The molecule has 0 bridgehead atoms. The van der Waals surface area contributed by atoms with Gasteiger partial charge in [0.2, 0.25) is 5.91 Å². The van der Waals surface area contributed by atoms with Crippen molar-refractivity contribution in [1.29, 1.82) is 0 Å². The van der Waals surface area contributed by atoms with E-state index >= 15 is 0 Å². The molecule has 0 heterocycles. The molecule has 27 heavy (non-hydrogen) atoms. The van der Waals surface area contributed by atoms with Gasteiger partial charge >= 0.3 is 6.61 Å². The molecule has 0 aliphatic heterocycles. The van der Waals surface area contributed by atoms with Gasteiger partial charge in [0, 0.05) is 23.2 Å². The van der Waals surface area contributed by atoms with Crippen LogP contribution in [-0.4, -0.2) is 35.9 Å². The smallest absolute Gasteiger partial charge is 0.387 e. The number of nitrogens with one attached hydrogen (secondary N) is 1. The Labute approximate surface area is 162 Å². The molecular weight excluding hydrogens is 428 g/mol. The highest BCUT2D eigenvalue weighted by Gasteiger charge is 2.13. The monoisotopic (exact) mass is 443 g/mol. The average Bonchev–Trinajstić information content (AvgIpc) is 2.57. The lowest BCUT2D eigenvalue weighted by molar-refractivity contribution is -0.384. The highest BCUT2D eigenvalue weighted by molar-refractivity contribution is 9.10. The number of carbonyl (C=O) groups excluding carboxylic acids is 1. The van der Waals surface area contributed by atoms with Gasteiger partial charge in [0.05, 0.1) is 17.2 Å². The maximum Gasteiger partial charge on any atom is 0.387 e. The van der Waals surface area contributed by atoms with Gasteiger partial charge in [0.1, 0.15) is 5.75 Å². The third-order valence-electron chi connectivity index (χ3n) is 3.45. The Kier molecular flexibility index (Phi) is 7.19. The second-order valence-corrected chi connectivity index (χ2v) is 6.52. The summed E-state index contributed by atoms with van der Waals surface area (Å²) in [5.74, 6) is -0.234. The van der Waals surface area contributed by atoms with Gasteiger partial charge in [0.15, 0.2) is 0 Å². The van der Waals surface area contributed by atoms with Crippen LogP contribution in [0.2, 0.25) is 0 Å². The first-order chi connectivity index (χ1) is 12.7. The quantitative estimate of drug-likeness (QED) is 0.491. The van der Waals surface area contributed by atoms with E-state index in [9.17, 15) is 23.7 Å². The van der Waals surface area contributed by atoms with Crippen LogP contribution in [-0.2, 0) is 11.3 Å². The van der Waals surface area contributed by atoms with Crippen LogP contribution in [0.4, 0.5) is 20.2 Å². The lowest BCUT2D eigenvalue weighted by Gasteiger charge is -2.17. The van der Waals surface area contributed by atoms with Crippen LogP contribution in [0.5, 0.6) is 5.75 Å². The van der Waals surface area contributed by atoms with Crippen molar-refractivity contribution in [3.63, 3.8) is 0 Å². The molecular formula is C17H16BrF2N3O4. The van der Waals surface area contributed by atoms with Crippen LogP contribution < -0.4 is 10.1 Å². The van der Waals surface area contributed by atoms with Crippen molar-refractivity contribution in [2.45, 2.75) is 13.2 Å². The number of likely N-dealkylation sites (N-methyl/N-ethyl adjacent to an activating group) is 1. The molecule has 0 radical (unpaired) electrons. The summed E-state index contributed by atoms with van der Waals surface area (Å²) >= 11 is 3.19. The number of nitrogens with zero attached hydrogens (tertiary/aromatic N) is 2. The summed E-state index contributed by atoms with van der Waals surface area (Å²) in [5.41, 5.74) is 1.16. The number of hydrogen-bond acceptors (Lipinski definition) is 5. The number of anilines is 1. The number of carbonyl (C=O) groups is 1. The normalized spacial score (nSPS) is 10.9. The maximum absolute atomic E-state index is 12.1. The van der Waals surface area contributed by atoms with Crippen molar-refractivity contribution in [1.82, 2.24) is 4.90 Å². The zero-order valence-corrected chi connectivity index (χ0v) is 15.8. The van der Waals surface area contributed by atoms with E-state index in [0.717, 1.165) is 5.56 Å². The minimum Gasteiger partial charge on any atom is -0.435 e. The molecule has 2 aromatic rings. The Balaban J connectivity index is 1.89. The van der Waals surface area contributed by atoms with Crippen molar-refractivity contribution in [2.24, 2.45) is 0 Å². The number of nitro benzene ring substituents is 1. The lowest BCUT2D eigenvalue weighted by Crippen LogP contribution is -2.29. The van der Waals surface area contributed by atoms with Crippen LogP contribution in [0.25, 0.3) is 0 Å². The molecule has 0 aromatic heterocycles. The van der Waals surface area contributed by atoms with Crippen LogP contribution in [0.15, 0.2) is 46.9 Å². The highest BCUT2D eigenvalue weighted by atomic mass is 79.9. The summed E-state index contributed by atoms with van der Waals surface area (Å²) in [6, 6.07) is 10.2. The van der Waals surface area contributed by atoms with Gasteiger partial charge in [0.25, 0.3) is 5.69 Å². The highest BCUT2D eigenvalue weighted by Crippen LogP contribution is 2.27. The Morgan fingerprint density at radius 3 is 2.52 bits per heavy atom. The minimum atomic E-state index is -2.87. The number of rotatable bonds is 8. The van der Waals surface area contributed by atoms with Gasteiger partial charge in [-0.25, -0.2) is 0 Å². The Hall–Kier alpha value is -2.59. The number of ether oxygens (including phenoxy) is 1. The first-order valence-electron chi connectivity index (χ1n) is 7.70. The average molecular weight is 444 g/mol. The van der Waals surface area contributed by atoms with Crippen molar-refractivity contribution < 1.29 is 23.2 Å². The van der Waals surface area contributed by atoms with Gasteiger partial charge in [-0.2, -0.15) is 8.78 Å². The summed E-state index contributed by atoms with van der Waals surface area (Å²) in [5, 5.41) is 13.4. The molecule has 2 rings (SSSR count). The van der Waals surface area contributed by atoms with Crippen molar-refractivity contribution in [3.05, 3.63) is 62.6 Å². The van der Waals surface area contributed by atoms with E-state index in [-0.39, 0.29) is 23.9 Å². The number of nitro groups is 1. The first-order valence-corrected chi connectivity index (χ1v) is 8.50. The predicted octanol–water partition coefficient (Wildman–Crippen LogP) is 4.03. The van der Waals surface area contributed by atoms with E-state index in [1.807, 2.05) is 0 Å². The second kappa shape index (κ2) is 9.38. The Bertz CT molecular complexity index is 818. The van der Waals surface area contributed by atoms with E-state index in [2.05, 4.69) is 26.0 Å². The molecule has 1 amide bonds. The standard InChI is InChI=1S/C17H16BrF2N3O4/c1-22(9-11-2-5-13(6-3-11)27-17(19)20)10-16(24)21-15-7-4-12(23(25)26)8-14(15)18/h2-8,17H,9-10H2,1H3,(H,21,24). The molecule has 0 saturated heterocycles. The number of hydrogen-bond donors (Lipinski definition) is 1. The maximum atomic E-state index is 12.1. The fourth-order valence-corrected chi connectivity index (χ4v) is 2.76. The van der Waals surface area contributed by atoms with Gasteiger partial charge in [-0.05, 0) is 46.7 Å². The van der Waals surface area contributed by atoms with Crippen LogP contribution in [0.1, 0.15) is 5.56 Å². The van der Waals surface area contributed by atoms with E-state index in [1.165, 1.54) is 30.3 Å². The topological polar surface area (TPSA) is 84.7 Å². The molecule has 0 saturated carbocycles. The molecule has 0 fully saturated rings. The second-order valence-electron chi connectivity index (χ2n) is 5.66. The molecule has 0 unspecified atom stereocenters. The lowest BCUT2D eigenvalue weighted by atomic mass is 10.2. The third-order valence-corrected chi connectivity index (χ3v) is 4.11. The zero-order valence-electron chi connectivity index (χ0n) is 14.2. The Morgan fingerprint density at radius 1 is 1.30 bits per heavy atom. The fraction of sp³-hybridized carbons (Fsp3) is 0.235. The summed E-state index contributed by atoms with van der Waals surface area (Å²) in [4.78, 5) is 24.1. The zero-order chi connectivity index (χ0) is 20.0. The van der Waals surface area contributed by atoms with Crippen molar-refractivity contribution in [2.75, 3.05) is 18.9 Å². The largest absolute Gasteiger partial charge is 0.435 e. The van der Waals surface area contributed by atoms with E-state index in [0.29, 0.717) is 16.7 Å². The van der Waals surface area contributed by atoms with E-state index in [4.69, 9.17) is 0 Å². The van der Waals surface area contributed by atoms with Gasteiger partial charge in [-0.3, -0.25) is 19.8 Å².